The molecule has 0 atom stereocenters. The maximum atomic E-state index is 14.2. The van der Waals surface area contributed by atoms with Crippen molar-refractivity contribution in [1.82, 2.24) is 4.57 Å². The molecule has 0 saturated heterocycles. The van der Waals surface area contributed by atoms with Crippen molar-refractivity contribution < 1.29 is 19.4 Å². The molecule has 0 amide bonds. The molecule has 0 saturated carbocycles. The predicted molar refractivity (Wildman–Crippen MR) is 156 cm³/mol. The lowest BCUT2D eigenvalue weighted by Gasteiger charge is -2.37. The smallest absolute Gasteiger partial charge is 0.303 e. The average Bonchev–Trinajstić information content (AvgIpc) is 3.24. The van der Waals surface area contributed by atoms with E-state index in [0.29, 0.717) is 24.3 Å². The third kappa shape index (κ3) is 4.87. The van der Waals surface area contributed by atoms with Crippen LogP contribution >= 0.6 is 0 Å². The topological polar surface area (TPSA) is 68.5 Å². The summed E-state index contributed by atoms with van der Waals surface area (Å²) in [5.74, 6) is 0.492. The minimum absolute atomic E-state index is 0.0955. The van der Waals surface area contributed by atoms with Gasteiger partial charge in [-0.1, -0.05) is 50.2 Å². The number of carbonyl (C=O) groups is 2. The second-order valence-electron chi connectivity index (χ2n) is 11.7. The lowest BCUT2D eigenvalue weighted by atomic mass is 9.82. The van der Waals surface area contributed by atoms with Crippen molar-refractivity contribution in [2.24, 2.45) is 5.92 Å². The van der Waals surface area contributed by atoms with Gasteiger partial charge in [0.05, 0.1) is 5.52 Å². The van der Waals surface area contributed by atoms with Gasteiger partial charge in [0.15, 0.2) is 0 Å². The van der Waals surface area contributed by atoms with E-state index >= 15 is 0 Å². The third-order valence-corrected chi connectivity index (χ3v) is 7.94. The summed E-state index contributed by atoms with van der Waals surface area (Å²) in [4.78, 5) is 25.2. The monoisotopic (exact) mass is 523 g/mol. The SMILES string of the molecule is Cc1c(C(=O)n2cc(CCCC(=O)O)c3ccccc32)cc2c(c1C)OC(C)(C)c1cc(CC(C)C)ccc1-2. The fourth-order valence-electron chi connectivity index (χ4n) is 5.86. The standard InChI is InChI=1S/C34H37NO4/c1-20(2)16-23-14-15-26-28-18-27(21(3)22(4)32(28)39-34(5,6)29(26)17-23)33(38)35-19-24(10-9-13-31(36)37)25-11-7-8-12-30(25)35/h7-8,11-12,14-15,17-20H,9-10,13,16H2,1-6H3,(H,36,37). The van der Waals surface area contributed by atoms with Gasteiger partial charge >= 0.3 is 5.97 Å². The van der Waals surface area contributed by atoms with Crippen molar-refractivity contribution in [3.05, 3.63) is 88.1 Å². The van der Waals surface area contributed by atoms with E-state index in [0.717, 1.165) is 56.5 Å². The molecule has 2 heterocycles. The molecule has 202 valence electrons. The molecule has 4 aromatic rings. The molecule has 0 unspecified atom stereocenters. The van der Waals surface area contributed by atoms with Crippen LogP contribution in [0.25, 0.3) is 22.0 Å². The number of rotatable bonds is 7. The first-order valence-corrected chi connectivity index (χ1v) is 13.8. The van der Waals surface area contributed by atoms with Crippen LogP contribution in [-0.2, 0) is 23.2 Å². The van der Waals surface area contributed by atoms with Crippen LogP contribution in [0.4, 0.5) is 0 Å². The fraction of sp³-hybridized carbons (Fsp3) is 0.353. The number of ether oxygens (including phenoxy) is 1. The van der Waals surface area contributed by atoms with E-state index in [1.54, 1.807) is 4.57 Å². The van der Waals surface area contributed by atoms with Crippen molar-refractivity contribution in [1.29, 1.82) is 0 Å². The molecule has 1 aromatic heterocycles. The number of benzene rings is 3. The molecular weight excluding hydrogens is 486 g/mol. The van der Waals surface area contributed by atoms with E-state index in [4.69, 9.17) is 9.84 Å². The Morgan fingerprint density at radius 2 is 1.74 bits per heavy atom. The van der Waals surface area contributed by atoms with Gasteiger partial charge in [0, 0.05) is 34.7 Å². The van der Waals surface area contributed by atoms with Gasteiger partial charge in [-0.2, -0.15) is 0 Å². The second-order valence-corrected chi connectivity index (χ2v) is 11.7. The molecule has 0 bridgehead atoms. The van der Waals surface area contributed by atoms with Gasteiger partial charge in [0.2, 0.25) is 0 Å². The van der Waals surface area contributed by atoms with Crippen LogP contribution in [0.15, 0.2) is 54.7 Å². The van der Waals surface area contributed by atoms with Gasteiger partial charge in [-0.05, 0) is 92.8 Å². The van der Waals surface area contributed by atoms with Crippen LogP contribution in [0.5, 0.6) is 5.75 Å². The Kier molecular flexibility index (Phi) is 6.88. The molecule has 1 aliphatic heterocycles. The molecule has 0 fully saturated rings. The number of carbonyl (C=O) groups excluding carboxylic acids is 1. The summed E-state index contributed by atoms with van der Waals surface area (Å²) >= 11 is 0. The second kappa shape index (κ2) is 10.0. The Morgan fingerprint density at radius 3 is 2.46 bits per heavy atom. The van der Waals surface area contributed by atoms with Gasteiger partial charge in [-0.3, -0.25) is 14.2 Å². The van der Waals surface area contributed by atoms with Crippen molar-refractivity contribution in [2.45, 2.75) is 72.8 Å². The molecule has 3 aromatic carbocycles. The highest BCUT2D eigenvalue weighted by molar-refractivity contribution is 6.05. The van der Waals surface area contributed by atoms with E-state index in [2.05, 4.69) is 45.9 Å². The number of para-hydroxylation sites is 1. The average molecular weight is 524 g/mol. The normalized spacial score (nSPS) is 13.7. The number of aliphatic carboxylic acids is 1. The van der Waals surface area contributed by atoms with Crippen LogP contribution in [0.1, 0.15) is 78.7 Å². The Bertz CT molecular complexity index is 1610. The highest BCUT2D eigenvalue weighted by Crippen LogP contribution is 2.48. The Hall–Kier alpha value is -3.86. The molecule has 5 rings (SSSR count). The Morgan fingerprint density at radius 1 is 1.00 bits per heavy atom. The summed E-state index contributed by atoms with van der Waals surface area (Å²) in [6.45, 7) is 12.7. The largest absolute Gasteiger partial charge is 0.482 e. The number of carboxylic acids is 1. The highest BCUT2D eigenvalue weighted by Gasteiger charge is 2.35. The molecule has 39 heavy (non-hydrogen) atoms. The van der Waals surface area contributed by atoms with E-state index < -0.39 is 11.6 Å². The van der Waals surface area contributed by atoms with E-state index in [-0.39, 0.29) is 12.3 Å². The fourth-order valence-corrected chi connectivity index (χ4v) is 5.86. The molecule has 0 spiro atoms. The van der Waals surface area contributed by atoms with Gasteiger partial charge in [-0.15, -0.1) is 0 Å². The van der Waals surface area contributed by atoms with Crippen LogP contribution < -0.4 is 4.74 Å². The molecule has 1 aliphatic rings. The number of nitrogens with zero attached hydrogens (tertiary/aromatic N) is 1. The van der Waals surface area contributed by atoms with Crippen LogP contribution in [0.3, 0.4) is 0 Å². The summed E-state index contributed by atoms with van der Waals surface area (Å²) in [5, 5.41) is 10.1. The molecular formula is C34H37NO4. The summed E-state index contributed by atoms with van der Waals surface area (Å²) in [6.07, 6.45) is 4.12. The maximum Gasteiger partial charge on any atom is 0.303 e. The van der Waals surface area contributed by atoms with Gasteiger partial charge in [0.25, 0.3) is 5.91 Å². The van der Waals surface area contributed by atoms with E-state index in [1.165, 1.54) is 5.56 Å². The van der Waals surface area contributed by atoms with Gasteiger partial charge in [0.1, 0.15) is 11.4 Å². The van der Waals surface area contributed by atoms with Crippen LogP contribution in [0, 0.1) is 19.8 Å². The van der Waals surface area contributed by atoms with Crippen molar-refractivity contribution in [3.63, 3.8) is 0 Å². The summed E-state index contributed by atoms with van der Waals surface area (Å²) in [6, 6.07) is 16.5. The van der Waals surface area contributed by atoms with E-state index in [9.17, 15) is 9.59 Å². The zero-order valence-electron chi connectivity index (χ0n) is 23.7. The summed E-state index contributed by atoms with van der Waals surface area (Å²) in [7, 11) is 0. The molecule has 1 N–H and O–H groups in total. The van der Waals surface area contributed by atoms with Crippen LogP contribution in [-0.4, -0.2) is 21.6 Å². The number of hydrogen-bond donors (Lipinski definition) is 1. The first-order valence-electron chi connectivity index (χ1n) is 13.8. The number of fused-ring (bicyclic) bond motifs is 4. The highest BCUT2D eigenvalue weighted by atomic mass is 16.5. The molecule has 0 aliphatic carbocycles. The minimum atomic E-state index is -0.808. The summed E-state index contributed by atoms with van der Waals surface area (Å²) in [5.41, 5.74) is 8.34. The van der Waals surface area contributed by atoms with Gasteiger partial charge < -0.3 is 9.84 Å². The zero-order chi connectivity index (χ0) is 28.1. The molecule has 5 heteroatoms. The van der Waals surface area contributed by atoms with Crippen LogP contribution in [0.2, 0.25) is 0 Å². The maximum absolute atomic E-state index is 14.2. The predicted octanol–water partition coefficient (Wildman–Crippen LogP) is 7.85. The van der Waals surface area contributed by atoms with Gasteiger partial charge in [-0.25, -0.2) is 0 Å². The lowest BCUT2D eigenvalue weighted by molar-refractivity contribution is -0.137. The van der Waals surface area contributed by atoms with Crippen molar-refractivity contribution >= 4 is 22.8 Å². The first kappa shape index (κ1) is 26.7. The lowest BCUT2D eigenvalue weighted by Crippen LogP contribution is -2.30. The molecule has 5 nitrogen and oxygen atoms in total. The minimum Gasteiger partial charge on any atom is -0.482 e. The third-order valence-electron chi connectivity index (χ3n) is 7.94. The quantitative estimate of drug-likeness (QED) is 0.268. The Labute approximate surface area is 230 Å². The number of aromatic nitrogens is 1. The molecule has 0 radical (unpaired) electrons. The number of hydrogen-bond acceptors (Lipinski definition) is 3. The summed E-state index contributed by atoms with van der Waals surface area (Å²) < 4.78 is 8.35. The number of carboxylic acid groups (broad SMARTS) is 1. The zero-order valence-corrected chi connectivity index (χ0v) is 23.7. The number of aryl methyl sites for hydroxylation is 1. The van der Waals surface area contributed by atoms with E-state index in [1.807, 2.05) is 50.4 Å². The van der Waals surface area contributed by atoms with Crippen molar-refractivity contribution in [2.75, 3.05) is 0 Å². The first-order chi connectivity index (χ1) is 18.5. The van der Waals surface area contributed by atoms with Crippen molar-refractivity contribution in [3.8, 4) is 16.9 Å². The Balaban J connectivity index is 1.62.